The highest BCUT2D eigenvalue weighted by Gasteiger charge is 2.30. The van der Waals surface area contributed by atoms with E-state index in [-0.39, 0.29) is 5.92 Å². The Morgan fingerprint density at radius 3 is 2.20 bits per heavy atom. The number of aliphatic carboxylic acids is 1. The molecule has 0 fully saturated rings. The molecular weight excluding hydrogens is 254 g/mol. The number of likely N-dealkylation sites (N-methyl/N-ethyl adjacent to an activating group) is 1. The predicted octanol–water partition coefficient (Wildman–Crippen LogP) is 3.59. The fourth-order valence-electron chi connectivity index (χ4n) is 2.50. The second-order valence-corrected chi connectivity index (χ2v) is 5.75. The monoisotopic (exact) mass is 286 g/mol. The number of carboxylic acids is 1. The van der Waals surface area contributed by atoms with E-state index >= 15 is 0 Å². The van der Waals surface area contributed by atoms with Gasteiger partial charge in [-0.1, -0.05) is 19.8 Å². The lowest BCUT2D eigenvalue weighted by Gasteiger charge is -2.37. The van der Waals surface area contributed by atoms with Crippen LogP contribution in [0.4, 0.5) is 0 Å². The molecule has 0 spiro atoms. The third-order valence-corrected chi connectivity index (χ3v) is 4.11. The second kappa shape index (κ2) is 9.81. The van der Waals surface area contributed by atoms with E-state index in [1.807, 2.05) is 6.08 Å². The van der Waals surface area contributed by atoms with E-state index < -0.39 is 5.97 Å². The smallest absolute Gasteiger partial charge is 0.311 e. The number of rotatable bonds is 11. The van der Waals surface area contributed by atoms with Gasteiger partial charge in [0.05, 0.1) is 19.6 Å². The first-order valence-corrected chi connectivity index (χ1v) is 7.86. The van der Waals surface area contributed by atoms with Crippen LogP contribution in [0, 0.1) is 5.92 Å². The number of carbonyl (C=O) groups is 1. The van der Waals surface area contributed by atoms with Gasteiger partial charge in [-0.3, -0.25) is 4.79 Å². The molecule has 2 N–H and O–H groups in total. The number of carboxylic acid groups (broad SMARTS) is 1. The van der Waals surface area contributed by atoms with Crippen LogP contribution in [0.2, 0.25) is 0 Å². The van der Waals surface area contributed by atoms with Gasteiger partial charge in [-0.2, -0.15) is 0 Å². The lowest BCUT2D eigenvalue weighted by atomic mass is 10.1. The Morgan fingerprint density at radius 2 is 1.75 bits per heavy atom. The molecule has 20 heavy (non-hydrogen) atoms. The number of aliphatic hydroxyl groups is 1. The first kappa shape index (κ1) is 19.0. The fourth-order valence-corrected chi connectivity index (χ4v) is 2.50. The van der Waals surface area contributed by atoms with Crippen LogP contribution in [0.5, 0.6) is 0 Å². The molecule has 0 bridgehead atoms. The summed E-state index contributed by atoms with van der Waals surface area (Å²) in [6, 6.07) is 0. The number of aliphatic hydroxyl groups excluding tert-OH is 1. The molecule has 0 aliphatic rings. The van der Waals surface area contributed by atoms with Crippen molar-refractivity contribution in [1.82, 2.24) is 0 Å². The van der Waals surface area contributed by atoms with Crippen molar-refractivity contribution in [1.29, 1.82) is 0 Å². The Kier molecular flexibility index (Phi) is 9.30. The topological polar surface area (TPSA) is 57.5 Å². The molecule has 0 saturated carbocycles. The molecule has 118 valence electrons. The summed E-state index contributed by atoms with van der Waals surface area (Å²) in [5.41, 5.74) is 0. The summed E-state index contributed by atoms with van der Waals surface area (Å²) >= 11 is 0. The maximum Gasteiger partial charge on any atom is 0.311 e. The second-order valence-electron chi connectivity index (χ2n) is 5.75. The Hall–Kier alpha value is -1.03. The molecule has 0 saturated heterocycles. The van der Waals surface area contributed by atoms with E-state index in [2.05, 4.69) is 20.8 Å². The summed E-state index contributed by atoms with van der Waals surface area (Å²) in [6.45, 7) is 10.8. The first-order chi connectivity index (χ1) is 9.40. The highest BCUT2D eigenvalue weighted by Crippen LogP contribution is 2.15. The number of nitrogens with zero attached hydrogens (tertiary/aromatic N) is 1. The molecule has 0 radical (unpaired) electrons. The molecule has 4 nitrogen and oxygen atoms in total. The van der Waals surface area contributed by atoms with Crippen molar-refractivity contribution in [2.45, 2.75) is 53.4 Å². The van der Waals surface area contributed by atoms with E-state index in [0.717, 1.165) is 25.9 Å². The van der Waals surface area contributed by atoms with Crippen molar-refractivity contribution >= 4 is 5.97 Å². The van der Waals surface area contributed by atoms with Crippen LogP contribution in [0.15, 0.2) is 11.8 Å². The van der Waals surface area contributed by atoms with E-state index in [9.17, 15) is 9.90 Å². The number of unbranched alkanes of at least 4 members (excludes halogenated alkanes) is 3. The predicted molar refractivity (Wildman–Crippen MR) is 82.7 cm³/mol. The molecule has 1 atom stereocenters. The fraction of sp³-hybridized carbons (Fsp3) is 0.812. The SMILES string of the molecule is CCCCC/C=C(\O)C[N+](CC)(CC)CC(C)C(=O)O. The molecule has 0 heterocycles. The van der Waals surface area contributed by atoms with Crippen LogP contribution in [-0.2, 0) is 4.79 Å². The third-order valence-electron chi connectivity index (χ3n) is 4.11. The number of allylic oxidation sites excluding steroid dienone is 1. The highest BCUT2D eigenvalue weighted by atomic mass is 16.4. The zero-order chi connectivity index (χ0) is 15.6. The lowest BCUT2D eigenvalue weighted by Crippen LogP contribution is -2.52. The van der Waals surface area contributed by atoms with Crippen molar-refractivity contribution in [2.24, 2.45) is 5.92 Å². The zero-order valence-corrected chi connectivity index (χ0v) is 13.6. The van der Waals surface area contributed by atoms with Crippen molar-refractivity contribution in [3.05, 3.63) is 11.8 Å². The van der Waals surface area contributed by atoms with Gasteiger partial charge in [-0.25, -0.2) is 0 Å². The average molecular weight is 286 g/mol. The Bertz CT molecular complexity index is 309. The number of hydrogen-bond donors (Lipinski definition) is 2. The van der Waals surface area contributed by atoms with Gasteiger partial charge in [0.1, 0.15) is 18.2 Å². The minimum Gasteiger partial charge on any atom is -0.507 e. The van der Waals surface area contributed by atoms with Gasteiger partial charge in [-0.15, -0.1) is 0 Å². The molecule has 0 aromatic carbocycles. The van der Waals surface area contributed by atoms with Gasteiger partial charge in [0.2, 0.25) is 0 Å². The molecule has 0 rings (SSSR count). The molecule has 0 aromatic rings. The summed E-state index contributed by atoms with van der Waals surface area (Å²) in [5.74, 6) is -0.744. The number of hydrogen-bond acceptors (Lipinski definition) is 2. The van der Waals surface area contributed by atoms with Gasteiger partial charge in [0.25, 0.3) is 0 Å². The van der Waals surface area contributed by atoms with E-state index in [0.29, 0.717) is 23.3 Å². The van der Waals surface area contributed by atoms with Gasteiger partial charge in [-0.05, 0) is 39.7 Å². The van der Waals surface area contributed by atoms with Crippen LogP contribution in [0.3, 0.4) is 0 Å². The number of quaternary nitrogens is 1. The zero-order valence-electron chi connectivity index (χ0n) is 13.6. The van der Waals surface area contributed by atoms with Gasteiger partial charge < -0.3 is 14.7 Å². The maximum atomic E-state index is 11.1. The lowest BCUT2D eigenvalue weighted by molar-refractivity contribution is -0.923. The van der Waals surface area contributed by atoms with Crippen molar-refractivity contribution < 1.29 is 19.5 Å². The van der Waals surface area contributed by atoms with Crippen LogP contribution >= 0.6 is 0 Å². The molecular formula is C16H32NO3+. The van der Waals surface area contributed by atoms with Crippen molar-refractivity contribution in [3.63, 3.8) is 0 Å². The normalized spacial score (nSPS) is 14.3. The van der Waals surface area contributed by atoms with Crippen molar-refractivity contribution in [2.75, 3.05) is 26.2 Å². The van der Waals surface area contributed by atoms with E-state index in [4.69, 9.17) is 5.11 Å². The summed E-state index contributed by atoms with van der Waals surface area (Å²) in [4.78, 5) is 11.1. The van der Waals surface area contributed by atoms with Gasteiger partial charge in [0.15, 0.2) is 0 Å². The summed E-state index contributed by atoms with van der Waals surface area (Å²) < 4.78 is 0.629. The van der Waals surface area contributed by atoms with Gasteiger partial charge >= 0.3 is 5.97 Å². The Morgan fingerprint density at radius 1 is 1.15 bits per heavy atom. The summed E-state index contributed by atoms with van der Waals surface area (Å²) in [7, 11) is 0. The Labute approximate surface area is 123 Å². The first-order valence-electron chi connectivity index (χ1n) is 7.86. The summed E-state index contributed by atoms with van der Waals surface area (Å²) in [5, 5.41) is 19.2. The molecule has 0 amide bonds. The molecule has 1 unspecified atom stereocenters. The highest BCUT2D eigenvalue weighted by molar-refractivity contribution is 5.69. The minimum absolute atomic E-state index is 0.386. The van der Waals surface area contributed by atoms with Crippen LogP contribution < -0.4 is 0 Å². The third kappa shape index (κ3) is 6.94. The summed E-state index contributed by atoms with van der Waals surface area (Å²) in [6.07, 6.45) is 6.27. The molecule has 0 aliphatic carbocycles. The molecule has 0 aliphatic heterocycles. The molecule has 0 aromatic heterocycles. The quantitative estimate of drug-likeness (QED) is 0.347. The average Bonchev–Trinajstić information content (AvgIpc) is 2.42. The van der Waals surface area contributed by atoms with Crippen molar-refractivity contribution in [3.8, 4) is 0 Å². The van der Waals surface area contributed by atoms with Crippen LogP contribution in [0.25, 0.3) is 0 Å². The molecule has 4 heteroatoms. The maximum absolute atomic E-state index is 11.1. The van der Waals surface area contributed by atoms with E-state index in [1.165, 1.54) is 12.8 Å². The van der Waals surface area contributed by atoms with Crippen LogP contribution in [0.1, 0.15) is 53.4 Å². The Balaban J connectivity index is 4.61. The van der Waals surface area contributed by atoms with Crippen LogP contribution in [-0.4, -0.2) is 46.8 Å². The van der Waals surface area contributed by atoms with Gasteiger partial charge in [0, 0.05) is 0 Å². The standard InChI is InChI=1S/C16H31NO3/c1-5-8-9-10-11-15(18)13-17(6-2,7-3)12-14(4)16(19)20/h11,14H,5-10,12-13H2,1-4H3,(H-,18,19,20)/p+1/b15-11-. The minimum atomic E-state index is -0.763. The van der Waals surface area contributed by atoms with E-state index in [1.54, 1.807) is 6.92 Å². The largest absolute Gasteiger partial charge is 0.507 e.